The van der Waals surface area contributed by atoms with Gasteiger partial charge in [0.2, 0.25) is 0 Å². The minimum absolute atomic E-state index is 0. The molecule has 154 valence electrons. The van der Waals surface area contributed by atoms with Crippen LogP contribution in [0.2, 0.25) is 0 Å². The number of carbonyl (C=O) groups is 1. The fourth-order valence-corrected chi connectivity index (χ4v) is 3.63. The van der Waals surface area contributed by atoms with Crippen LogP contribution in [0.4, 0.5) is 5.69 Å². The molecule has 0 unspecified atom stereocenters. The number of piperidine rings is 1. The van der Waals surface area contributed by atoms with Crippen LogP contribution in [-0.2, 0) is 16.1 Å². The summed E-state index contributed by atoms with van der Waals surface area (Å²) in [6.07, 6.45) is 3.28. The number of anilines is 1. The summed E-state index contributed by atoms with van der Waals surface area (Å²) < 4.78 is 5.65. The van der Waals surface area contributed by atoms with Crippen molar-refractivity contribution in [2.45, 2.75) is 44.4 Å². The van der Waals surface area contributed by atoms with Gasteiger partial charge < -0.3 is 20.9 Å². The quantitative estimate of drug-likeness (QED) is 0.657. The molecule has 1 aromatic rings. The molecule has 0 bridgehead atoms. The highest BCUT2D eigenvalue weighted by atomic mass is 35.5. The van der Waals surface area contributed by atoms with Gasteiger partial charge in [-0.1, -0.05) is 12.1 Å². The summed E-state index contributed by atoms with van der Waals surface area (Å²) >= 11 is 0. The molecule has 8 heteroatoms. The van der Waals surface area contributed by atoms with Crippen LogP contribution in [0.15, 0.2) is 24.3 Å². The highest BCUT2D eigenvalue weighted by Gasteiger charge is 2.29. The minimum atomic E-state index is -0.394. The fraction of sp³-hybridized carbons (Fsp3) is 0.632. The monoisotopic (exact) mass is 419 g/mol. The van der Waals surface area contributed by atoms with E-state index in [0.717, 1.165) is 51.0 Å². The van der Waals surface area contributed by atoms with Crippen molar-refractivity contribution < 1.29 is 14.6 Å². The largest absolute Gasteiger partial charge is 0.396 e. The van der Waals surface area contributed by atoms with Gasteiger partial charge in [0.15, 0.2) is 0 Å². The van der Waals surface area contributed by atoms with E-state index >= 15 is 0 Å². The van der Waals surface area contributed by atoms with Crippen LogP contribution in [0.1, 0.15) is 31.2 Å². The van der Waals surface area contributed by atoms with Crippen molar-refractivity contribution in [3.63, 3.8) is 0 Å². The first-order valence-corrected chi connectivity index (χ1v) is 9.26. The number of hydrogen-bond acceptors (Lipinski definition) is 5. The second-order valence-electron chi connectivity index (χ2n) is 7.15. The Hall–Kier alpha value is -0.890. The van der Waals surface area contributed by atoms with E-state index in [-0.39, 0.29) is 36.8 Å². The Labute approximate surface area is 173 Å². The molecular weight excluding hydrogens is 389 g/mol. The number of hydrogen-bond donors (Lipinski definition) is 3. The smallest absolute Gasteiger partial charge is 0.253 e. The molecule has 2 heterocycles. The van der Waals surface area contributed by atoms with Gasteiger partial charge >= 0.3 is 0 Å². The third-order valence-electron chi connectivity index (χ3n) is 5.23. The summed E-state index contributed by atoms with van der Waals surface area (Å²) in [5.74, 6) is 0.363. The number of nitrogens with two attached hydrogens (primary N) is 1. The maximum absolute atomic E-state index is 12.3. The summed E-state index contributed by atoms with van der Waals surface area (Å²) in [5, 5.41) is 12.2. The van der Waals surface area contributed by atoms with Gasteiger partial charge in [-0.25, -0.2) is 0 Å². The zero-order chi connectivity index (χ0) is 17.6. The van der Waals surface area contributed by atoms with Crippen LogP contribution < -0.4 is 11.1 Å². The lowest BCUT2D eigenvalue weighted by atomic mass is 9.97. The van der Waals surface area contributed by atoms with Gasteiger partial charge in [-0.15, -0.1) is 24.8 Å². The van der Waals surface area contributed by atoms with Gasteiger partial charge in [-0.2, -0.15) is 0 Å². The Morgan fingerprint density at radius 3 is 2.59 bits per heavy atom. The van der Waals surface area contributed by atoms with Crippen LogP contribution in [0.25, 0.3) is 0 Å². The average molecular weight is 420 g/mol. The molecule has 0 radical (unpaired) electrons. The van der Waals surface area contributed by atoms with Crippen LogP contribution in [0, 0.1) is 5.92 Å². The summed E-state index contributed by atoms with van der Waals surface area (Å²) in [4.78, 5) is 14.7. The SMILES string of the molecule is Cl.Cl.NC[C@H]1CC[C@@H](C(=O)Nc2cccc(CN3CCC(CO)CC3)c2)O1. The molecule has 1 aromatic carbocycles. The molecule has 0 spiro atoms. The predicted octanol–water partition coefficient (Wildman–Crippen LogP) is 2.18. The number of likely N-dealkylation sites (tertiary alicyclic amines) is 1. The van der Waals surface area contributed by atoms with Crippen LogP contribution in [0.3, 0.4) is 0 Å². The lowest BCUT2D eigenvalue weighted by Crippen LogP contribution is -2.34. The molecule has 0 saturated carbocycles. The Kier molecular flexibility index (Phi) is 10.6. The number of ether oxygens (including phenoxy) is 1. The van der Waals surface area contributed by atoms with Crippen molar-refractivity contribution in [1.29, 1.82) is 0 Å². The van der Waals surface area contributed by atoms with Gasteiger partial charge in [0.1, 0.15) is 6.10 Å². The molecule has 4 N–H and O–H groups in total. The number of nitrogens with zero attached hydrogens (tertiary/aromatic N) is 1. The molecule has 1 amide bonds. The zero-order valence-corrected chi connectivity index (χ0v) is 17.1. The summed E-state index contributed by atoms with van der Waals surface area (Å²) in [6, 6.07) is 8.01. The molecule has 2 saturated heterocycles. The second kappa shape index (κ2) is 11.8. The Morgan fingerprint density at radius 1 is 1.22 bits per heavy atom. The first-order chi connectivity index (χ1) is 12.2. The second-order valence-corrected chi connectivity index (χ2v) is 7.15. The number of aliphatic hydroxyl groups excluding tert-OH is 1. The lowest BCUT2D eigenvalue weighted by molar-refractivity contribution is -0.126. The van der Waals surface area contributed by atoms with E-state index in [2.05, 4.69) is 16.3 Å². The van der Waals surface area contributed by atoms with Crippen molar-refractivity contribution in [3.8, 4) is 0 Å². The van der Waals surface area contributed by atoms with E-state index in [1.807, 2.05) is 18.2 Å². The third kappa shape index (κ3) is 6.89. The van der Waals surface area contributed by atoms with Gasteiger partial charge in [0, 0.05) is 25.4 Å². The van der Waals surface area contributed by atoms with Gasteiger partial charge in [0.05, 0.1) is 6.10 Å². The minimum Gasteiger partial charge on any atom is -0.396 e. The number of aliphatic hydroxyl groups is 1. The Bertz CT molecular complexity index is 583. The highest BCUT2D eigenvalue weighted by Crippen LogP contribution is 2.22. The molecule has 3 rings (SSSR count). The number of nitrogens with one attached hydrogen (secondary N) is 1. The van der Waals surface area contributed by atoms with E-state index in [4.69, 9.17) is 10.5 Å². The maximum Gasteiger partial charge on any atom is 0.253 e. The van der Waals surface area contributed by atoms with Gasteiger partial charge in [-0.05, 0) is 62.4 Å². The van der Waals surface area contributed by atoms with Crippen LogP contribution >= 0.6 is 24.8 Å². The molecule has 0 aromatic heterocycles. The fourth-order valence-electron chi connectivity index (χ4n) is 3.63. The number of benzene rings is 1. The lowest BCUT2D eigenvalue weighted by Gasteiger charge is -2.31. The Balaban J connectivity index is 0.00000182. The van der Waals surface area contributed by atoms with Crippen molar-refractivity contribution in [1.82, 2.24) is 4.90 Å². The summed E-state index contributed by atoms with van der Waals surface area (Å²) in [5.41, 5.74) is 7.60. The first-order valence-electron chi connectivity index (χ1n) is 9.26. The topological polar surface area (TPSA) is 87.8 Å². The van der Waals surface area contributed by atoms with Crippen molar-refractivity contribution in [2.75, 3.05) is 31.6 Å². The predicted molar refractivity (Wildman–Crippen MR) is 112 cm³/mol. The van der Waals surface area contributed by atoms with Crippen LogP contribution in [-0.4, -0.2) is 54.4 Å². The van der Waals surface area contributed by atoms with Crippen molar-refractivity contribution >= 4 is 36.4 Å². The number of halogens is 2. The first kappa shape index (κ1) is 24.1. The Morgan fingerprint density at radius 2 is 1.96 bits per heavy atom. The molecule has 2 aliphatic rings. The number of carbonyl (C=O) groups excluding carboxylic acids is 1. The van der Waals surface area contributed by atoms with E-state index in [1.54, 1.807) is 0 Å². The van der Waals surface area contributed by atoms with E-state index in [9.17, 15) is 9.90 Å². The third-order valence-corrected chi connectivity index (χ3v) is 5.23. The highest BCUT2D eigenvalue weighted by molar-refractivity contribution is 5.94. The molecule has 2 aliphatic heterocycles. The van der Waals surface area contributed by atoms with Crippen molar-refractivity contribution in [3.05, 3.63) is 29.8 Å². The summed E-state index contributed by atoms with van der Waals surface area (Å²) in [6.45, 7) is 3.66. The number of rotatable bonds is 6. The molecule has 2 atom stereocenters. The molecule has 27 heavy (non-hydrogen) atoms. The maximum atomic E-state index is 12.3. The van der Waals surface area contributed by atoms with E-state index in [1.165, 1.54) is 5.56 Å². The zero-order valence-electron chi connectivity index (χ0n) is 15.5. The molecule has 6 nitrogen and oxygen atoms in total. The average Bonchev–Trinajstić information content (AvgIpc) is 3.12. The molecule has 0 aliphatic carbocycles. The van der Waals surface area contributed by atoms with Gasteiger partial charge in [0.25, 0.3) is 5.91 Å². The van der Waals surface area contributed by atoms with E-state index in [0.29, 0.717) is 19.1 Å². The van der Waals surface area contributed by atoms with Crippen LogP contribution in [0.5, 0.6) is 0 Å². The number of amides is 1. The standard InChI is InChI=1S/C19H29N3O3.2ClH/c20-11-17-4-5-18(25-17)19(24)21-16-3-1-2-15(10-16)12-22-8-6-14(13-23)7-9-22;;/h1-3,10,14,17-18,23H,4-9,11-13,20H2,(H,21,24);2*1H/t17-,18+;;/m1../s1. The van der Waals surface area contributed by atoms with E-state index < -0.39 is 6.10 Å². The molecule has 2 fully saturated rings. The summed E-state index contributed by atoms with van der Waals surface area (Å²) in [7, 11) is 0. The van der Waals surface area contributed by atoms with Gasteiger partial charge in [-0.3, -0.25) is 9.69 Å². The molecular formula is C19H31Cl2N3O3. The normalized spacial score (nSPS) is 23.3. The van der Waals surface area contributed by atoms with Crippen molar-refractivity contribution in [2.24, 2.45) is 11.7 Å².